The van der Waals surface area contributed by atoms with Crippen LogP contribution in [0.5, 0.6) is 5.75 Å². The number of hydrogen-bond acceptors (Lipinski definition) is 5. The van der Waals surface area contributed by atoms with E-state index in [1.54, 1.807) is 11.0 Å². The molecule has 4 aromatic rings. The normalized spacial score (nSPS) is 16.0. The summed E-state index contributed by atoms with van der Waals surface area (Å²) in [4.78, 5) is 20.8. The maximum Gasteiger partial charge on any atom is 0.267 e. The lowest BCUT2D eigenvalue weighted by molar-refractivity contribution is -0.123. The van der Waals surface area contributed by atoms with Crippen LogP contribution in [0.2, 0.25) is 0 Å². The van der Waals surface area contributed by atoms with Gasteiger partial charge in [0.2, 0.25) is 0 Å². The van der Waals surface area contributed by atoms with Crippen LogP contribution in [0.4, 0.5) is 5.69 Å². The van der Waals surface area contributed by atoms with Crippen molar-refractivity contribution < 1.29 is 9.53 Å². The van der Waals surface area contributed by atoms with Crippen LogP contribution >= 0.6 is 11.8 Å². The number of benzene rings is 4. The maximum absolute atomic E-state index is 13.6. The predicted molar refractivity (Wildman–Crippen MR) is 153 cm³/mol. The van der Waals surface area contributed by atoms with Crippen molar-refractivity contribution in [2.24, 2.45) is 4.99 Å². The van der Waals surface area contributed by atoms with Gasteiger partial charge in [-0.3, -0.25) is 9.69 Å². The minimum atomic E-state index is -0.170. The van der Waals surface area contributed by atoms with Crippen molar-refractivity contribution in [2.75, 3.05) is 0 Å². The summed E-state index contributed by atoms with van der Waals surface area (Å²) in [5, 5.41) is 9.93. The average molecular weight is 516 g/mol. The van der Waals surface area contributed by atoms with E-state index in [1.165, 1.54) is 11.8 Å². The Morgan fingerprint density at radius 3 is 2.29 bits per heavy atom. The van der Waals surface area contributed by atoms with Gasteiger partial charge in [-0.05, 0) is 66.2 Å². The molecule has 5 nitrogen and oxygen atoms in total. The number of nitrogens with zero attached hydrogens (tertiary/aromatic N) is 3. The van der Waals surface area contributed by atoms with Crippen LogP contribution in [0.15, 0.2) is 119 Å². The van der Waals surface area contributed by atoms with E-state index >= 15 is 0 Å². The van der Waals surface area contributed by atoms with Crippen molar-refractivity contribution >= 4 is 34.6 Å². The Hall–Kier alpha value is -4.60. The Bertz CT molecular complexity index is 1520. The van der Waals surface area contributed by atoms with Crippen LogP contribution in [0, 0.1) is 11.3 Å². The topological polar surface area (TPSA) is 65.7 Å². The molecule has 1 saturated heterocycles. The summed E-state index contributed by atoms with van der Waals surface area (Å²) in [5.74, 6) is 0.616. The van der Waals surface area contributed by atoms with Crippen molar-refractivity contribution in [1.29, 1.82) is 5.26 Å². The molecule has 1 aliphatic rings. The fourth-order valence-electron chi connectivity index (χ4n) is 4.13. The molecule has 38 heavy (non-hydrogen) atoms. The number of para-hydroxylation sites is 1. The third kappa shape index (κ3) is 5.69. The molecule has 0 unspecified atom stereocenters. The first-order valence-corrected chi connectivity index (χ1v) is 13.1. The summed E-state index contributed by atoms with van der Waals surface area (Å²) in [6.07, 6.45) is 1.89. The Morgan fingerprint density at radius 1 is 0.921 bits per heavy atom. The molecule has 4 aromatic carbocycles. The number of thioether (sulfide) groups is 1. The molecule has 0 aliphatic carbocycles. The minimum absolute atomic E-state index is 0.0746. The first kappa shape index (κ1) is 25.1. The monoisotopic (exact) mass is 515 g/mol. The number of rotatable bonds is 7. The largest absolute Gasteiger partial charge is 0.489 e. The van der Waals surface area contributed by atoms with E-state index in [9.17, 15) is 10.1 Å². The molecule has 0 N–H and O–H groups in total. The fraction of sp³-hybridized carbons (Fsp3) is 0.0938. The zero-order chi connectivity index (χ0) is 26.3. The number of carbonyl (C=O) groups is 1. The highest BCUT2D eigenvalue weighted by molar-refractivity contribution is 8.18. The number of nitriles is 1. The minimum Gasteiger partial charge on any atom is -0.489 e. The lowest BCUT2D eigenvalue weighted by Gasteiger charge is -2.24. The van der Waals surface area contributed by atoms with Gasteiger partial charge in [-0.1, -0.05) is 78.9 Å². The van der Waals surface area contributed by atoms with Crippen LogP contribution in [0.3, 0.4) is 0 Å². The third-order valence-corrected chi connectivity index (χ3v) is 7.18. The highest BCUT2D eigenvalue weighted by atomic mass is 32.2. The van der Waals surface area contributed by atoms with Gasteiger partial charge in [-0.2, -0.15) is 5.26 Å². The second-order valence-electron chi connectivity index (χ2n) is 8.73. The first-order valence-electron chi connectivity index (χ1n) is 12.2. The molecule has 0 spiro atoms. The van der Waals surface area contributed by atoms with Gasteiger partial charge in [0.05, 0.1) is 28.3 Å². The molecule has 1 atom stereocenters. The molecule has 0 radical (unpaired) electrons. The van der Waals surface area contributed by atoms with Gasteiger partial charge in [0.1, 0.15) is 12.4 Å². The Labute approximate surface area is 226 Å². The summed E-state index contributed by atoms with van der Waals surface area (Å²) in [7, 11) is 0. The second kappa shape index (κ2) is 11.6. The molecule has 1 aliphatic heterocycles. The Balaban J connectivity index is 1.37. The number of amidine groups is 1. The Kier molecular flexibility index (Phi) is 7.67. The fourth-order valence-corrected chi connectivity index (χ4v) is 5.20. The van der Waals surface area contributed by atoms with E-state index in [-0.39, 0.29) is 11.9 Å². The number of aliphatic imine (C=N–C) groups is 1. The quantitative estimate of drug-likeness (QED) is 0.239. The van der Waals surface area contributed by atoms with Crippen LogP contribution in [0.1, 0.15) is 35.2 Å². The molecule has 0 saturated carbocycles. The molecule has 5 rings (SSSR count). The van der Waals surface area contributed by atoms with Crippen molar-refractivity contribution in [3.8, 4) is 11.8 Å². The predicted octanol–water partition coefficient (Wildman–Crippen LogP) is 7.50. The summed E-state index contributed by atoms with van der Waals surface area (Å²) < 4.78 is 5.89. The van der Waals surface area contributed by atoms with Gasteiger partial charge >= 0.3 is 0 Å². The number of amides is 1. The van der Waals surface area contributed by atoms with E-state index < -0.39 is 0 Å². The number of hydrogen-bond donors (Lipinski definition) is 0. The van der Waals surface area contributed by atoms with Crippen LogP contribution in [0.25, 0.3) is 6.08 Å². The lowest BCUT2D eigenvalue weighted by Crippen LogP contribution is -2.32. The lowest BCUT2D eigenvalue weighted by atomic mass is 10.1. The number of ether oxygens (including phenoxy) is 1. The van der Waals surface area contributed by atoms with E-state index in [4.69, 9.17) is 9.73 Å². The zero-order valence-electron chi connectivity index (χ0n) is 20.8. The van der Waals surface area contributed by atoms with E-state index in [0.717, 1.165) is 22.4 Å². The Morgan fingerprint density at radius 2 is 1.58 bits per heavy atom. The maximum atomic E-state index is 13.6. The second-order valence-corrected chi connectivity index (χ2v) is 9.74. The van der Waals surface area contributed by atoms with Crippen molar-refractivity contribution in [1.82, 2.24) is 4.90 Å². The van der Waals surface area contributed by atoms with Crippen molar-refractivity contribution in [3.05, 3.63) is 136 Å². The number of carbonyl (C=O) groups excluding carboxylic acids is 1. The van der Waals surface area contributed by atoms with Gasteiger partial charge in [-0.25, -0.2) is 4.99 Å². The highest BCUT2D eigenvalue weighted by Crippen LogP contribution is 2.39. The van der Waals surface area contributed by atoms with Crippen molar-refractivity contribution in [3.63, 3.8) is 0 Å². The molecule has 1 amide bonds. The van der Waals surface area contributed by atoms with Gasteiger partial charge in [0.15, 0.2) is 5.17 Å². The van der Waals surface area contributed by atoms with Gasteiger partial charge < -0.3 is 4.74 Å². The first-order chi connectivity index (χ1) is 18.6. The summed E-state index contributed by atoms with van der Waals surface area (Å²) in [5.41, 5.74) is 4.18. The zero-order valence-corrected chi connectivity index (χ0v) is 21.6. The smallest absolute Gasteiger partial charge is 0.267 e. The third-order valence-electron chi connectivity index (χ3n) is 6.20. The van der Waals surface area contributed by atoms with E-state index in [2.05, 4.69) is 6.07 Å². The molecule has 6 heteroatoms. The van der Waals surface area contributed by atoms with Crippen LogP contribution in [-0.4, -0.2) is 16.0 Å². The summed E-state index contributed by atoms with van der Waals surface area (Å²) in [6, 6.07) is 36.7. The molecule has 0 aromatic heterocycles. The molecule has 1 fully saturated rings. The average Bonchev–Trinajstić information content (AvgIpc) is 3.27. The van der Waals surface area contributed by atoms with E-state index in [0.29, 0.717) is 28.0 Å². The van der Waals surface area contributed by atoms with Gasteiger partial charge in [0, 0.05) is 5.56 Å². The van der Waals surface area contributed by atoms with Crippen molar-refractivity contribution in [2.45, 2.75) is 19.6 Å². The summed E-state index contributed by atoms with van der Waals surface area (Å²) >= 11 is 1.38. The van der Waals surface area contributed by atoms with Gasteiger partial charge in [0.25, 0.3) is 5.91 Å². The van der Waals surface area contributed by atoms with E-state index in [1.807, 2.05) is 116 Å². The van der Waals surface area contributed by atoms with Crippen LogP contribution in [-0.2, 0) is 11.4 Å². The highest BCUT2D eigenvalue weighted by Gasteiger charge is 2.37. The molecular weight excluding hydrogens is 490 g/mol. The standard InChI is InChI=1S/C32H25N3O2S/c1-23(25-10-4-2-5-11-25)35-31(36)30(38-32(35)34-28-14-6-3-7-15-28)20-24-16-18-29(19-17-24)37-22-27-13-9-8-12-26(27)21-33/h2-20,23H,22H2,1H3/b30-20+,34-32?/t23-/m0/s1. The summed E-state index contributed by atoms with van der Waals surface area (Å²) in [6.45, 7) is 2.33. The van der Waals surface area contributed by atoms with Gasteiger partial charge in [-0.15, -0.1) is 0 Å². The van der Waals surface area contributed by atoms with Crippen LogP contribution < -0.4 is 4.74 Å². The molecule has 1 heterocycles. The SMILES string of the molecule is C[C@@H](c1ccccc1)N1C(=O)/C(=C\c2ccc(OCc3ccccc3C#N)cc2)SC1=Nc1ccccc1. The molecule has 0 bridgehead atoms. The molecular formula is C32H25N3O2S. The molecule has 186 valence electrons.